The van der Waals surface area contributed by atoms with Gasteiger partial charge in [0.15, 0.2) is 5.96 Å². The summed E-state index contributed by atoms with van der Waals surface area (Å²) in [5, 5.41) is 12.6. The van der Waals surface area contributed by atoms with Crippen LogP contribution in [-0.4, -0.2) is 62.4 Å². The Morgan fingerprint density at radius 3 is 2.47 bits per heavy atom. The number of benzene rings is 2. The van der Waals surface area contributed by atoms with E-state index in [2.05, 4.69) is 34.5 Å². The van der Waals surface area contributed by atoms with Crippen molar-refractivity contribution in [1.82, 2.24) is 10.2 Å². The van der Waals surface area contributed by atoms with E-state index in [1.54, 1.807) is 12.1 Å². The van der Waals surface area contributed by atoms with Gasteiger partial charge in [-0.2, -0.15) is 0 Å². The molecule has 1 aliphatic heterocycles. The molecule has 1 fully saturated rings. The number of piperidine rings is 1. The Morgan fingerprint density at radius 2 is 1.84 bits per heavy atom. The molecule has 174 valence electrons. The highest BCUT2D eigenvalue weighted by Crippen LogP contribution is 2.23. The molecule has 32 heavy (non-hydrogen) atoms. The average Bonchev–Trinajstić information content (AvgIpc) is 2.83. The lowest BCUT2D eigenvalue weighted by Crippen LogP contribution is -2.40. The smallest absolute Gasteiger partial charge is 0.194 e. The zero-order valence-corrected chi connectivity index (χ0v) is 19.1. The Bertz CT molecular complexity index is 834. The lowest BCUT2D eigenvalue weighted by Gasteiger charge is -2.32. The molecule has 2 aromatic rings. The Hall–Kier alpha value is -2.80. The van der Waals surface area contributed by atoms with Crippen molar-refractivity contribution in [2.75, 3.05) is 51.3 Å². The van der Waals surface area contributed by atoms with Crippen LogP contribution in [0.25, 0.3) is 0 Å². The largest absolute Gasteiger partial charge is 0.492 e. The molecule has 0 saturated carbocycles. The number of rotatable bonds is 9. The number of aliphatic hydroxyl groups excluding tert-OH is 1. The molecule has 6 nitrogen and oxygen atoms in total. The summed E-state index contributed by atoms with van der Waals surface area (Å²) in [6, 6.07) is 14.7. The first-order valence-electron chi connectivity index (χ1n) is 11.4. The second kappa shape index (κ2) is 12.3. The second-order valence-corrected chi connectivity index (χ2v) is 8.17. The van der Waals surface area contributed by atoms with E-state index in [0.717, 1.165) is 44.0 Å². The lowest BCUT2D eigenvalue weighted by molar-refractivity contribution is 0.203. The first-order chi connectivity index (χ1) is 15.6. The highest BCUT2D eigenvalue weighted by molar-refractivity contribution is 5.79. The number of halogens is 1. The Kier molecular flexibility index (Phi) is 9.16. The van der Waals surface area contributed by atoms with Crippen LogP contribution in [0, 0.1) is 11.7 Å². The molecular weight excluding hydrogens is 407 g/mol. The number of nitrogens with zero attached hydrogens (tertiary/aromatic N) is 3. The third kappa shape index (κ3) is 7.12. The molecule has 1 heterocycles. The van der Waals surface area contributed by atoms with Gasteiger partial charge in [0.25, 0.3) is 0 Å². The standard InChI is InChI=1S/C25H35FN4O2/c1-3-27-25(29(2)16-17-32-24-10-6-22(26)7-11-24)28-18-20-4-8-23(9-5-20)30-14-12-21(19-31)13-15-30/h4-11,21,31H,3,12-19H2,1-2H3,(H,27,28). The number of nitrogens with one attached hydrogen (secondary N) is 1. The van der Waals surface area contributed by atoms with Crippen molar-refractivity contribution in [3.63, 3.8) is 0 Å². The number of ether oxygens (including phenoxy) is 1. The monoisotopic (exact) mass is 442 g/mol. The molecule has 1 saturated heterocycles. The summed E-state index contributed by atoms with van der Waals surface area (Å²) in [5.74, 6) is 1.66. The predicted molar refractivity (Wildman–Crippen MR) is 128 cm³/mol. The number of guanidine groups is 1. The Morgan fingerprint density at radius 1 is 1.16 bits per heavy atom. The number of likely N-dealkylation sites (N-methyl/N-ethyl adjacent to an activating group) is 1. The SMILES string of the molecule is CCNC(=NCc1ccc(N2CCC(CO)CC2)cc1)N(C)CCOc1ccc(F)cc1. The normalized spacial score (nSPS) is 15.0. The molecule has 2 N–H and O–H groups in total. The average molecular weight is 443 g/mol. The molecule has 0 atom stereocenters. The Labute approximate surface area is 190 Å². The van der Waals surface area contributed by atoms with E-state index in [0.29, 0.717) is 38.0 Å². The number of aliphatic hydroxyl groups is 1. The topological polar surface area (TPSA) is 60.3 Å². The van der Waals surface area contributed by atoms with Crippen molar-refractivity contribution < 1.29 is 14.2 Å². The van der Waals surface area contributed by atoms with Crippen LogP contribution in [-0.2, 0) is 6.54 Å². The zero-order chi connectivity index (χ0) is 22.8. The van der Waals surface area contributed by atoms with Gasteiger partial charge >= 0.3 is 0 Å². The second-order valence-electron chi connectivity index (χ2n) is 8.17. The molecule has 7 heteroatoms. The van der Waals surface area contributed by atoms with Crippen molar-refractivity contribution in [1.29, 1.82) is 0 Å². The van der Waals surface area contributed by atoms with Gasteiger partial charge in [-0.3, -0.25) is 0 Å². The van der Waals surface area contributed by atoms with Crippen LogP contribution < -0.4 is 15.0 Å². The minimum absolute atomic E-state index is 0.268. The fraction of sp³-hybridized carbons (Fsp3) is 0.480. The van der Waals surface area contributed by atoms with E-state index in [4.69, 9.17) is 9.73 Å². The fourth-order valence-electron chi connectivity index (χ4n) is 3.76. The molecule has 2 aromatic carbocycles. The summed E-state index contributed by atoms with van der Waals surface area (Å²) in [6.45, 7) is 6.86. The van der Waals surface area contributed by atoms with Crippen molar-refractivity contribution in [2.45, 2.75) is 26.3 Å². The van der Waals surface area contributed by atoms with E-state index in [9.17, 15) is 9.50 Å². The van der Waals surface area contributed by atoms with Crippen LogP contribution in [0.3, 0.4) is 0 Å². The van der Waals surface area contributed by atoms with E-state index in [1.807, 2.05) is 18.9 Å². The summed E-state index contributed by atoms with van der Waals surface area (Å²) in [7, 11) is 1.98. The van der Waals surface area contributed by atoms with Gasteiger partial charge in [-0.1, -0.05) is 12.1 Å². The predicted octanol–water partition coefficient (Wildman–Crippen LogP) is 3.51. The van der Waals surface area contributed by atoms with Crippen LogP contribution in [0.5, 0.6) is 5.75 Å². The van der Waals surface area contributed by atoms with Crippen LogP contribution in [0.15, 0.2) is 53.5 Å². The van der Waals surface area contributed by atoms with Crippen LogP contribution in [0.2, 0.25) is 0 Å². The van der Waals surface area contributed by atoms with Gasteiger partial charge in [0.1, 0.15) is 18.2 Å². The number of aliphatic imine (C=N–C) groups is 1. The van der Waals surface area contributed by atoms with Crippen molar-refractivity contribution in [3.8, 4) is 5.75 Å². The van der Waals surface area contributed by atoms with Gasteiger partial charge in [0.05, 0.1) is 13.1 Å². The van der Waals surface area contributed by atoms with Crippen LogP contribution in [0.1, 0.15) is 25.3 Å². The lowest BCUT2D eigenvalue weighted by atomic mass is 9.97. The molecule has 0 radical (unpaired) electrons. The first-order valence-corrected chi connectivity index (χ1v) is 11.4. The molecule has 0 spiro atoms. The summed E-state index contributed by atoms with van der Waals surface area (Å²) in [6.07, 6.45) is 2.09. The highest BCUT2D eigenvalue weighted by Gasteiger charge is 2.18. The third-order valence-corrected chi connectivity index (χ3v) is 5.79. The maximum absolute atomic E-state index is 13.0. The number of hydrogen-bond donors (Lipinski definition) is 2. The summed E-state index contributed by atoms with van der Waals surface area (Å²) >= 11 is 0. The highest BCUT2D eigenvalue weighted by atomic mass is 19.1. The zero-order valence-electron chi connectivity index (χ0n) is 19.1. The van der Waals surface area contributed by atoms with Gasteiger partial charge in [0, 0.05) is 39.0 Å². The molecular formula is C25H35FN4O2. The summed E-state index contributed by atoms with van der Waals surface area (Å²) < 4.78 is 18.7. The number of hydrogen-bond acceptors (Lipinski definition) is 4. The summed E-state index contributed by atoms with van der Waals surface area (Å²) in [4.78, 5) is 9.19. The quantitative estimate of drug-likeness (QED) is 0.460. The minimum Gasteiger partial charge on any atom is -0.492 e. The molecule has 0 unspecified atom stereocenters. The van der Waals surface area contributed by atoms with Gasteiger partial charge < -0.3 is 25.0 Å². The number of anilines is 1. The molecule has 0 bridgehead atoms. The first kappa shape index (κ1) is 23.9. The maximum Gasteiger partial charge on any atom is 0.194 e. The molecule has 0 amide bonds. The molecule has 1 aliphatic rings. The van der Waals surface area contributed by atoms with Gasteiger partial charge in [0.2, 0.25) is 0 Å². The molecule has 0 aromatic heterocycles. The molecule has 0 aliphatic carbocycles. The van der Waals surface area contributed by atoms with Gasteiger partial charge in [-0.15, -0.1) is 0 Å². The van der Waals surface area contributed by atoms with Crippen LogP contribution >= 0.6 is 0 Å². The van der Waals surface area contributed by atoms with E-state index in [1.165, 1.54) is 17.8 Å². The van der Waals surface area contributed by atoms with Crippen molar-refractivity contribution in [3.05, 3.63) is 59.9 Å². The third-order valence-electron chi connectivity index (χ3n) is 5.79. The summed E-state index contributed by atoms with van der Waals surface area (Å²) in [5.41, 5.74) is 2.39. The van der Waals surface area contributed by atoms with E-state index in [-0.39, 0.29) is 5.82 Å². The minimum atomic E-state index is -0.268. The maximum atomic E-state index is 13.0. The van der Waals surface area contributed by atoms with Gasteiger partial charge in [-0.05, 0) is 67.6 Å². The van der Waals surface area contributed by atoms with Crippen molar-refractivity contribution >= 4 is 11.6 Å². The van der Waals surface area contributed by atoms with E-state index < -0.39 is 0 Å². The van der Waals surface area contributed by atoms with Crippen LogP contribution in [0.4, 0.5) is 10.1 Å². The van der Waals surface area contributed by atoms with Crippen molar-refractivity contribution in [2.24, 2.45) is 10.9 Å². The fourth-order valence-corrected chi connectivity index (χ4v) is 3.76. The van der Waals surface area contributed by atoms with Gasteiger partial charge in [-0.25, -0.2) is 9.38 Å². The Balaban J connectivity index is 1.50. The van der Waals surface area contributed by atoms with E-state index >= 15 is 0 Å². The molecule has 3 rings (SSSR count).